The fourth-order valence-corrected chi connectivity index (χ4v) is 3.19. The van der Waals surface area contributed by atoms with E-state index in [1.165, 1.54) is 5.56 Å². The minimum absolute atomic E-state index is 0.289. The van der Waals surface area contributed by atoms with Gasteiger partial charge in [-0.05, 0) is 24.6 Å². The Hall–Kier alpha value is -3.80. The van der Waals surface area contributed by atoms with Gasteiger partial charge in [0.05, 0.1) is 11.2 Å². The highest BCUT2D eigenvalue weighted by atomic mass is 16.1. The van der Waals surface area contributed by atoms with Gasteiger partial charge in [-0.25, -0.2) is 9.97 Å². The Labute approximate surface area is 169 Å². The van der Waals surface area contributed by atoms with Gasteiger partial charge >= 0.3 is 0 Å². The topological polar surface area (TPSA) is 71.0 Å². The van der Waals surface area contributed by atoms with E-state index in [0.29, 0.717) is 29.6 Å². The Morgan fingerprint density at radius 1 is 1.00 bits per heavy atom. The molecule has 0 radical (unpaired) electrons. The van der Waals surface area contributed by atoms with Crippen LogP contribution in [0.25, 0.3) is 10.9 Å². The molecule has 0 aliphatic heterocycles. The van der Waals surface area contributed by atoms with Crippen LogP contribution >= 0.6 is 0 Å². The van der Waals surface area contributed by atoms with E-state index >= 15 is 0 Å². The highest BCUT2D eigenvalue weighted by molar-refractivity contribution is 6.07. The Morgan fingerprint density at radius 3 is 2.62 bits per heavy atom. The molecule has 4 rings (SSSR count). The van der Waals surface area contributed by atoms with Crippen LogP contribution in [0.4, 0.5) is 11.5 Å². The lowest BCUT2D eigenvalue weighted by Gasteiger charge is -2.19. The van der Waals surface area contributed by atoms with E-state index in [-0.39, 0.29) is 5.91 Å². The first kappa shape index (κ1) is 18.6. The van der Waals surface area contributed by atoms with E-state index in [1.54, 1.807) is 19.2 Å². The van der Waals surface area contributed by atoms with Crippen molar-refractivity contribution >= 4 is 28.3 Å². The van der Waals surface area contributed by atoms with Gasteiger partial charge in [0.15, 0.2) is 0 Å². The van der Waals surface area contributed by atoms with Crippen molar-refractivity contribution in [3.63, 3.8) is 0 Å². The molecule has 6 heteroatoms. The first-order valence-corrected chi connectivity index (χ1v) is 9.36. The largest absolute Gasteiger partial charge is 0.355 e. The van der Waals surface area contributed by atoms with E-state index in [4.69, 9.17) is 0 Å². The zero-order valence-electron chi connectivity index (χ0n) is 16.3. The number of nitrogens with one attached hydrogen (secondary N) is 1. The van der Waals surface area contributed by atoms with Crippen LogP contribution in [0, 0.1) is 6.92 Å². The summed E-state index contributed by atoms with van der Waals surface area (Å²) in [6.45, 7) is 2.47. The van der Waals surface area contributed by atoms with Crippen molar-refractivity contribution in [2.75, 3.05) is 17.3 Å². The van der Waals surface area contributed by atoms with Crippen molar-refractivity contribution in [3.05, 3.63) is 90.0 Å². The summed E-state index contributed by atoms with van der Waals surface area (Å²) in [5.41, 5.74) is 2.89. The molecular weight excluding hydrogens is 362 g/mol. The van der Waals surface area contributed by atoms with Crippen LogP contribution in [0.15, 0.2) is 72.9 Å². The second kappa shape index (κ2) is 8.06. The van der Waals surface area contributed by atoms with E-state index in [9.17, 15) is 4.79 Å². The molecule has 4 aromatic rings. The zero-order chi connectivity index (χ0) is 20.2. The summed E-state index contributed by atoms with van der Waals surface area (Å²) in [7, 11) is 1.95. The SMILES string of the molecule is Cc1nc(C(=O)Nc2cccc3cccnc23)cc(N(C)Cc2ccccc2)n1. The van der Waals surface area contributed by atoms with Gasteiger partial charge in [0, 0.05) is 31.2 Å². The third-order valence-corrected chi connectivity index (χ3v) is 4.59. The lowest BCUT2D eigenvalue weighted by Crippen LogP contribution is -2.21. The maximum atomic E-state index is 12.9. The smallest absolute Gasteiger partial charge is 0.274 e. The third-order valence-electron chi connectivity index (χ3n) is 4.59. The minimum Gasteiger partial charge on any atom is -0.355 e. The van der Waals surface area contributed by atoms with E-state index < -0.39 is 0 Å². The molecule has 0 bridgehead atoms. The summed E-state index contributed by atoms with van der Waals surface area (Å²) in [5.74, 6) is 0.953. The van der Waals surface area contributed by atoms with Gasteiger partial charge in [-0.3, -0.25) is 9.78 Å². The highest BCUT2D eigenvalue weighted by Gasteiger charge is 2.14. The van der Waals surface area contributed by atoms with Gasteiger partial charge in [0.25, 0.3) is 5.91 Å². The fourth-order valence-electron chi connectivity index (χ4n) is 3.19. The number of benzene rings is 2. The number of aromatic nitrogens is 3. The molecule has 2 aromatic carbocycles. The molecule has 0 unspecified atom stereocenters. The number of hydrogen-bond donors (Lipinski definition) is 1. The van der Waals surface area contributed by atoms with Gasteiger partial charge in [0.1, 0.15) is 17.3 Å². The average Bonchev–Trinajstić information content (AvgIpc) is 2.74. The molecule has 0 fully saturated rings. The molecule has 0 aliphatic carbocycles. The van der Waals surface area contributed by atoms with Gasteiger partial charge in [-0.1, -0.05) is 48.5 Å². The molecule has 1 N–H and O–H groups in total. The average molecular weight is 383 g/mol. The second-order valence-electron chi connectivity index (χ2n) is 6.84. The summed E-state index contributed by atoms with van der Waals surface area (Å²) in [6, 6.07) is 21.4. The summed E-state index contributed by atoms with van der Waals surface area (Å²) in [4.78, 5) is 28.1. The quantitative estimate of drug-likeness (QED) is 0.559. The van der Waals surface area contributed by atoms with Crippen molar-refractivity contribution in [1.82, 2.24) is 15.0 Å². The van der Waals surface area contributed by atoms with E-state index in [1.807, 2.05) is 60.5 Å². The van der Waals surface area contributed by atoms with Crippen molar-refractivity contribution in [3.8, 4) is 0 Å². The number of rotatable bonds is 5. The molecular formula is C23H21N5O. The maximum absolute atomic E-state index is 12.9. The summed E-state index contributed by atoms with van der Waals surface area (Å²) in [6.07, 6.45) is 1.71. The van der Waals surface area contributed by atoms with Crippen LogP contribution < -0.4 is 10.2 Å². The molecule has 0 atom stereocenters. The monoisotopic (exact) mass is 383 g/mol. The Bertz CT molecular complexity index is 1150. The van der Waals surface area contributed by atoms with Crippen LogP contribution in [0.2, 0.25) is 0 Å². The molecule has 144 valence electrons. The minimum atomic E-state index is -0.289. The summed E-state index contributed by atoms with van der Waals surface area (Å²) < 4.78 is 0. The molecule has 6 nitrogen and oxygen atoms in total. The lowest BCUT2D eigenvalue weighted by atomic mass is 10.2. The Kier molecular flexibility index (Phi) is 5.16. The maximum Gasteiger partial charge on any atom is 0.274 e. The van der Waals surface area contributed by atoms with Crippen molar-refractivity contribution in [2.45, 2.75) is 13.5 Å². The number of carbonyl (C=O) groups is 1. The zero-order valence-corrected chi connectivity index (χ0v) is 16.3. The lowest BCUT2D eigenvalue weighted by molar-refractivity contribution is 0.102. The van der Waals surface area contributed by atoms with Crippen molar-refractivity contribution in [1.29, 1.82) is 0 Å². The Morgan fingerprint density at radius 2 is 1.79 bits per heavy atom. The molecule has 29 heavy (non-hydrogen) atoms. The molecule has 0 saturated carbocycles. The standard InChI is InChI=1S/C23H21N5O/c1-16-25-20(14-21(26-16)28(2)15-17-8-4-3-5-9-17)23(29)27-19-12-6-10-18-11-7-13-24-22(18)19/h3-14H,15H2,1-2H3,(H,27,29). The predicted molar refractivity (Wildman–Crippen MR) is 115 cm³/mol. The summed E-state index contributed by atoms with van der Waals surface area (Å²) in [5, 5.41) is 3.90. The van der Waals surface area contributed by atoms with Crippen molar-refractivity contribution < 1.29 is 4.79 Å². The predicted octanol–water partition coefficient (Wildman–Crippen LogP) is 4.22. The fraction of sp³-hybridized carbons (Fsp3) is 0.130. The number of amides is 1. The first-order chi connectivity index (χ1) is 14.1. The molecule has 2 aromatic heterocycles. The number of carbonyl (C=O) groups excluding carboxylic acids is 1. The van der Waals surface area contributed by atoms with Crippen LogP contribution in [0.1, 0.15) is 21.9 Å². The van der Waals surface area contributed by atoms with Gasteiger partial charge < -0.3 is 10.2 Å². The number of hydrogen-bond acceptors (Lipinski definition) is 5. The number of para-hydroxylation sites is 1. The normalized spacial score (nSPS) is 10.7. The molecule has 0 saturated heterocycles. The van der Waals surface area contributed by atoms with Gasteiger partial charge in [-0.2, -0.15) is 0 Å². The number of nitrogens with zero attached hydrogens (tertiary/aromatic N) is 4. The molecule has 2 heterocycles. The third kappa shape index (κ3) is 4.21. The number of anilines is 2. The second-order valence-corrected chi connectivity index (χ2v) is 6.84. The highest BCUT2D eigenvalue weighted by Crippen LogP contribution is 2.22. The number of fused-ring (bicyclic) bond motifs is 1. The number of aryl methyl sites for hydroxylation is 1. The molecule has 0 spiro atoms. The molecule has 0 aliphatic rings. The van der Waals surface area contributed by atoms with Crippen LogP contribution in [0.3, 0.4) is 0 Å². The van der Waals surface area contributed by atoms with Crippen LogP contribution in [0.5, 0.6) is 0 Å². The van der Waals surface area contributed by atoms with Crippen LogP contribution in [-0.2, 0) is 6.54 Å². The number of pyridine rings is 1. The van der Waals surface area contributed by atoms with Crippen LogP contribution in [-0.4, -0.2) is 27.9 Å². The Balaban J connectivity index is 1.59. The van der Waals surface area contributed by atoms with Gasteiger partial charge in [-0.15, -0.1) is 0 Å². The van der Waals surface area contributed by atoms with E-state index in [2.05, 4.69) is 32.4 Å². The van der Waals surface area contributed by atoms with Crippen molar-refractivity contribution in [2.24, 2.45) is 0 Å². The summed E-state index contributed by atoms with van der Waals surface area (Å²) >= 11 is 0. The molecule has 1 amide bonds. The van der Waals surface area contributed by atoms with E-state index in [0.717, 1.165) is 10.9 Å². The van der Waals surface area contributed by atoms with Gasteiger partial charge in [0.2, 0.25) is 0 Å². The first-order valence-electron chi connectivity index (χ1n) is 9.36.